The predicted octanol–water partition coefficient (Wildman–Crippen LogP) is 0.858. The first-order chi connectivity index (χ1) is 9.22. The van der Waals surface area contributed by atoms with E-state index in [2.05, 4.69) is 11.8 Å². The van der Waals surface area contributed by atoms with Gasteiger partial charge in [-0.25, -0.2) is 0 Å². The SMILES string of the molecule is CC1CN(C(=O)c2ccccc2C#CCN)CCO1. The molecule has 4 heteroatoms. The van der Waals surface area contributed by atoms with E-state index in [0.717, 1.165) is 5.56 Å². The zero-order valence-electron chi connectivity index (χ0n) is 11.1. The van der Waals surface area contributed by atoms with Gasteiger partial charge in [0, 0.05) is 18.7 Å². The largest absolute Gasteiger partial charge is 0.375 e. The van der Waals surface area contributed by atoms with E-state index in [1.807, 2.05) is 36.1 Å². The van der Waals surface area contributed by atoms with Crippen molar-refractivity contribution in [3.05, 3.63) is 35.4 Å². The van der Waals surface area contributed by atoms with E-state index in [9.17, 15) is 4.79 Å². The van der Waals surface area contributed by atoms with Crippen molar-refractivity contribution < 1.29 is 9.53 Å². The molecule has 1 aromatic carbocycles. The van der Waals surface area contributed by atoms with Crippen LogP contribution in [0.15, 0.2) is 24.3 Å². The third kappa shape index (κ3) is 3.34. The van der Waals surface area contributed by atoms with Crippen LogP contribution in [-0.4, -0.2) is 43.2 Å². The molecule has 0 aliphatic carbocycles. The number of morpholine rings is 1. The summed E-state index contributed by atoms with van der Waals surface area (Å²) in [6, 6.07) is 7.38. The third-order valence-electron chi connectivity index (χ3n) is 3.01. The van der Waals surface area contributed by atoms with Gasteiger partial charge in [0.2, 0.25) is 0 Å². The molecule has 1 saturated heterocycles. The van der Waals surface area contributed by atoms with Gasteiger partial charge in [0.1, 0.15) is 0 Å². The number of hydrogen-bond donors (Lipinski definition) is 1. The van der Waals surface area contributed by atoms with Crippen LogP contribution >= 0.6 is 0 Å². The van der Waals surface area contributed by atoms with Crippen LogP contribution < -0.4 is 5.73 Å². The summed E-state index contributed by atoms with van der Waals surface area (Å²) in [7, 11) is 0. The van der Waals surface area contributed by atoms with Gasteiger partial charge in [-0.05, 0) is 19.1 Å². The number of rotatable bonds is 1. The Morgan fingerprint density at radius 2 is 2.32 bits per heavy atom. The smallest absolute Gasteiger partial charge is 0.255 e. The highest BCUT2D eigenvalue weighted by molar-refractivity contribution is 5.96. The molecule has 0 spiro atoms. The topological polar surface area (TPSA) is 55.6 Å². The average Bonchev–Trinajstić information content (AvgIpc) is 2.44. The number of nitrogens with two attached hydrogens (primary N) is 1. The maximum Gasteiger partial charge on any atom is 0.255 e. The minimum absolute atomic E-state index is 0.0112. The van der Waals surface area contributed by atoms with E-state index in [1.165, 1.54) is 0 Å². The van der Waals surface area contributed by atoms with Gasteiger partial charge in [-0.2, -0.15) is 0 Å². The van der Waals surface area contributed by atoms with Crippen molar-refractivity contribution >= 4 is 5.91 Å². The maximum atomic E-state index is 12.5. The Balaban J connectivity index is 2.23. The van der Waals surface area contributed by atoms with Crippen LogP contribution in [0.25, 0.3) is 0 Å². The standard InChI is InChI=1S/C15H18N2O2/c1-12-11-17(9-10-19-12)15(18)14-7-3-2-5-13(14)6-4-8-16/h2-3,5,7,12H,8-11,16H2,1H3. The summed E-state index contributed by atoms with van der Waals surface area (Å²) in [4.78, 5) is 14.3. The summed E-state index contributed by atoms with van der Waals surface area (Å²) in [5, 5.41) is 0. The van der Waals surface area contributed by atoms with Crippen molar-refractivity contribution in [2.75, 3.05) is 26.2 Å². The summed E-state index contributed by atoms with van der Waals surface area (Å²) in [6.07, 6.45) is 0.0833. The van der Waals surface area contributed by atoms with Crippen molar-refractivity contribution in [3.63, 3.8) is 0 Å². The number of amides is 1. The molecule has 100 valence electrons. The second-order valence-corrected chi connectivity index (χ2v) is 4.48. The van der Waals surface area contributed by atoms with Gasteiger partial charge >= 0.3 is 0 Å². The van der Waals surface area contributed by atoms with Gasteiger partial charge in [0.25, 0.3) is 5.91 Å². The van der Waals surface area contributed by atoms with Crippen molar-refractivity contribution in [3.8, 4) is 11.8 Å². The molecule has 0 saturated carbocycles. The van der Waals surface area contributed by atoms with Gasteiger partial charge in [-0.1, -0.05) is 24.0 Å². The molecule has 1 aliphatic rings. The molecule has 1 aromatic rings. The fourth-order valence-corrected chi connectivity index (χ4v) is 2.10. The van der Waals surface area contributed by atoms with Crippen molar-refractivity contribution in [2.45, 2.75) is 13.0 Å². The molecular weight excluding hydrogens is 240 g/mol. The molecule has 0 radical (unpaired) electrons. The van der Waals surface area contributed by atoms with Crippen LogP contribution in [0, 0.1) is 11.8 Å². The van der Waals surface area contributed by atoms with Gasteiger partial charge in [0.05, 0.1) is 24.8 Å². The predicted molar refractivity (Wildman–Crippen MR) is 73.7 cm³/mol. The summed E-state index contributed by atoms with van der Waals surface area (Å²) in [5.74, 6) is 5.76. The van der Waals surface area contributed by atoms with Crippen molar-refractivity contribution in [2.24, 2.45) is 5.73 Å². The van der Waals surface area contributed by atoms with Crippen LogP contribution in [-0.2, 0) is 4.74 Å². The van der Waals surface area contributed by atoms with Crippen LogP contribution in [0.2, 0.25) is 0 Å². The molecule has 0 aromatic heterocycles. The normalized spacial score (nSPS) is 18.6. The summed E-state index contributed by atoms with van der Waals surface area (Å²) >= 11 is 0. The van der Waals surface area contributed by atoms with Crippen molar-refractivity contribution in [1.82, 2.24) is 4.90 Å². The summed E-state index contributed by atoms with van der Waals surface area (Å²) in [6.45, 7) is 4.10. The molecule has 1 atom stereocenters. The molecular formula is C15H18N2O2. The number of carbonyl (C=O) groups is 1. The van der Waals surface area contributed by atoms with E-state index < -0.39 is 0 Å². The Morgan fingerprint density at radius 3 is 3.05 bits per heavy atom. The van der Waals surface area contributed by atoms with E-state index in [0.29, 0.717) is 25.3 Å². The summed E-state index contributed by atoms with van der Waals surface area (Å²) in [5.41, 5.74) is 6.75. The van der Waals surface area contributed by atoms with Gasteiger partial charge in [-0.3, -0.25) is 4.79 Å². The van der Waals surface area contributed by atoms with E-state index in [1.54, 1.807) is 0 Å². The lowest BCUT2D eigenvalue weighted by molar-refractivity contribution is -0.0124. The zero-order chi connectivity index (χ0) is 13.7. The van der Waals surface area contributed by atoms with E-state index >= 15 is 0 Å². The molecule has 1 aliphatic heterocycles. The minimum atomic E-state index is 0.0112. The first kappa shape index (κ1) is 13.6. The Morgan fingerprint density at radius 1 is 1.53 bits per heavy atom. The molecule has 4 nitrogen and oxygen atoms in total. The molecule has 1 heterocycles. The molecule has 2 rings (SSSR count). The molecule has 2 N–H and O–H groups in total. The Labute approximate surface area is 113 Å². The number of benzene rings is 1. The molecule has 1 unspecified atom stereocenters. The van der Waals surface area contributed by atoms with Gasteiger partial charge in [-0.15, -0.1) is 0 Å². The highest BCUT2D eigenvalue weighted by Crippen LogP contribution is 2.14. The second-order valence-electron chi connectivity index (χ2n) is 4.48. The number of nitrogens with zero attached hydrogens (tertiary/aromatic N) is 1. The first-order valence-corrected chi connectivity index (χ1v) is 6.41. The van der Waals surface area contributed by atoms with Crippen LogP contribution in [0.3, 0.4) is 0 Å². The lowest BCUT2D eigenvalue weighted by Gasteiger charge is -2.31. The van der Waals surface area contributed by atoms with Crippen LogP contribution in [0.4, 0.5) is 0 Å². The Hall–Kier alpha value is -1.83. The third-order valence-corrected chi connectivity index (χ3v) is 3.01. The average molecular weight is 258 g/mol. The first-order valence-electron chi connectivity index (χ1n) is 6.41. The van der Waals surface area contributed by atoms with E-state index in [4.69, 9.17) is 10.5 Å². The lowest BCUT2D eigenvalue weighted by atomic mass is 10.1. The van der Waals surface area contributed by atoms with Crippen LogP contribution in [0.1, 0.15) is 22.8 Å². The van der Waals surface area contributed by atoms with E-state index in [-0.39, 0.29) is 18.6 Å². The van der Waals surface area contributed by atoms with Gasteiger partial charge < -0.3 is 15.4 Å². The Kier molecular flexibility index (Phi) is 4.56. The highest BCUT2D eigenvalue weighted by atomic mass is 16.5. The fourth-order valence-electron chi connectivity index (χ4n) is 2.10. The number of ether oxygens (including phenoxy) is 1. The molecule has 1 amide bonds. The lowest BCUT2D eigenvalue weighted by Crippen LogP contribution is -2.44. The quantitative estimate of drug-likeness (QED) is 0.760. The highest BCUT2D eigenvalue weighted by Gasteiger charge is 2.23. The molecule has 1 fully saturated rings. The van der Waals surface area contributed by atoms with Gasteiger partial charge in [0.15, 0.2) is 0 Å². The second kappa shape index (κ2) is 6.37. The maximum absolute atomic E-state index is 12.5. The number of carbonyl (C=O) groups excluding carboxylic acids is 1. The zero-order valence-corrected chi connectivity index (χ0v) is 11.1. The monoisotopic (exact) mass is 258 g/mol. The molecule has 0 bridgehead atoms. The Bertz CT molecular complexity index is 516. The fraction of sp³-hybridized carbons (Fsp3) is 0.400. The number of hydrogen-bond acceptors (Lipinski definition) is 3. The minimum Gasteiger partial charge on any atom is -0.375 e. The summed E-state index contributed by atoms with van der Waals surface area (Å²) < 4.78 is 5.45. The van der Waals surface area contributed by atoms with Crippen molar-refractivity contribution in [1.29, 1.82) is 0 Å². The van der Waals surface area contributed by atoms with Crippen LogP contribution in [0.5, 0.6) is 0 Å². The molecule has 19 heavy (non-hydrogen) atoms.